The lowest BCUT2D eigenvalue weighted by Crippen LogP contribution is -2.23. The van der Waals surface area contributed by atoms with E-state index in [1.54, 1.807) is 12.4 Å². The number of para-hydroxylation sites is 1. The number of aromatic nitrogens is 4. The molecule has 0 saturated heterocycles. The standard InChI is InChI=1S/C24H24N6OS/c1-17(23(31)26-19-9-11-20(12-10-19)29(2)3)32-24-28-27-22(18-13-15-25-16-14-18)30(24)21-7-5-4-6-8-21/h4-17H,1-3H3,(H,26,31)/t17-/m0/s1. The third kappa shape index (κ3) is 4.81. The summed E-state index contributed by atoms with van der Waals surface area (Å²) < 4.78 is 1.97. The first kappa shape index (κ1) is 21.6. The van der Waals surface area contributed by atoms with Gasteiger partial charge in [-0.3, -0.25) is 14.3 Å². The third-order valence-electron chi connectivity index (χ3n) is 4.89. The second-order valence-corrected chi connectivity index (χ2v) is 8.71. The fraction of sp³-hybridized carbons (Fsp3) is 0.167. The van der Waals surface area contributed by atoms with Crippen LogP contribution in [0.15, 0.2) is 84.3 Å². The number of rotatable bonds is 7. The molecule has 4 aromatic rings. The van der Waals surface area contributed by atoms with E-state index in [4.69, 9.17) is 0 Å². The Balaban J connectivity index is 1.57. The monoisotopic (exact) mass is 444 g/mol. The number of carbonyl (C=O) groups excluding carboxylic acids is 1. The van der Waals surface area contributed by atoms with Crippen LogP contribution in [0.4, 0.5) is 11.4 Å². The molecule has 1 amide bonds. The van der Waals surface area contributed by atoms with Crippen LogP contribution in [0.5, 0.6) is 0 Å². The van der Waals surface area contributed by atoms with E-state index in [0.717, 1.165) is 22.6 Å². The first-order chi connectivity index (χ1) is 15.5. The maximum atomic E-state index is 12.9. The van der Waals surface area contributed by atoms with Gasteiger partial charge in [-0.05, 0) is 55.5 Å². The molecular formula is C24H24N6OS. The SMILES string of the molecule is C[C@H](Sc1nnc(-c2ccncc2)n1-c1ccccc1)C(=O)Nc1ccc(N(C)C)cc1. The number of nitrogens with one attached hydrogen (secondary N) is 1. The van der Waals surface area contributed by atoms with Crippen molar-refractivity contribution in [3.63, 3.8) is 0 Å². The molecule has 8 heteroatoms. The zero-order valence-electron chi connectivity index (χ0n) is 18.1. The molecule has 2 aromatic carbocycles. The fourth-order valence-corrected chi connectivity index (χ4v) is 4.01. The highest BCUT2D eigenvalue weighted by molar-refractivity contribution is 8.00. The minimum atomic E-state index is -0.375. The number of benzene rings is 2. The lowest BCUT2D eigenvalue weighted by atomic mass is 10.2. The highest BCUT2D eigenvalue weighted by Gasteiger charge is 2.22. The van der Waals surface area contributed by atoms with Crippen molar-refractivity contribution >= 4 is 29.0 Å². The number of thioether (sulfide) groups is 1. The number of pyridine rings is 1. The van der Waals surface area contributed by atoms with Crippen molar-refractivity contribution in [2.24, 2.45) is 0 Å². The molecule has 0 aliphatic heterocycles. The smallest absolute Gasteiger partial charge is 0.237 e. The van der Waals surface area contributed by atoms with E-state index in [2.05, 4.69) is 20.5 Å². The van der Waals surface area contributed by atoms with E-state index in [9.17, 15) is 4.79 Å². The van der Waals surface area contributed by atoms with Crippen LogP contribution in [0, 0.1) is 0 Å². The van der Waals surface area contributed by atoms with Gasteiger partial charge in [-0.15, -0.1) is 10.2 Å². The lowest BCUT2D eigenvalue weighted by Gasteiger charge is -2.15. The molecule has 1 atom stereocenters. The number of amides is 1. The van der Waals surface area contributed by atoms with E-state index in [0.29, 0.717) is 11.0 Å². The summed E-state index contributed by atoms with van der Waals surface area (Å²) in [7, 11) is 3.96. The largest absolute Gasteiger partial charge is 0.378 e. The van der Waals surface area contributed by atoms with Gasteiger partial charge in [-0.25, -0.2) is 0 Å². The maximum Gasteiger partial charge on any atom is 0.237 e. The molecule has 0 aliphatic rings. The van der Waals surface area contributed by atoms with Gasteiger partial charge in [0.15, 0.2) is 11.0 Å². The van der Waals surface area contributed by atoms with E-state index in [1.807, 2.05) is 97.2 Å². The van der Waals surface area contributed by atoms with Crippen molar-refractivity contribution in [2.75, 3.05) is 24.3 Å². The topological polar surface area (TPSA) is 75.9 Å². The quantitative estimate of drug-likeness (QED) is 0.423. The van der Waals surface area contributed by atoms with E-state index >= 15 is 0 Å². The Kier molecular flexibility index (Phi) is 6.51. The number of anilines is 2. The Morgan fingerprint density at radius 2 is 1.66 bits per heavy atom. The van der Waals surface area contributed by atoms with Gasteiger partial charge in [0.05, 0.1) is 5.25 Å². The molecule has 32 heavy (non-hydrogen) atoms. The van der Waals surface area contributed by atoms with Gasteiger partial charge in [-0.2, -0.15) is 0 Å². The fourth-order valence-electron chi connectivity index (χ4n) is 3.14. The van der Waals surface area contributed by atoms with Gasteiger partial charge in [0, 0.05) is 49.1 Å². The van der Waals surface area contributed by atoms with Crippen LogP contribution in [0.1, 0.15) is 6.92 Å². The number of carbonyl (C=O) groups is 1. The van der Waals surface area contributed by atoms with E-state index in [-0.39, 0.29) is 11.2 Å². The zero-order valence-corrected chi connectivity index (χ0v) is 19.0. The molecular weight excluding hydrogens is 420 g/mol. The molecule has 0 saturated carbocycles. The first-order valence-corrected chi connectivity index (χ1v) is 11.1. The average Bonchev–Trinajstić information content (AvgIpc) is 3.24. The van der Waals surface area contributed by atoms with Crippen molar-refractivity contribution in [3.8, 4) is 17.1 Å². The molecule has 2 aromatic heterocycles. The summed E-state index contributed by atoms with van der Waals surface area (Å²) in [4.78, 5) is 19.0. The molecule has 2 heterocycles. The van der Waals surface area contributed by atoms with Gasteiger partial charge in [0.1, 0.15) is 0 Å². The average molecular weight is 445 g/mol. The summed E-state index contributed by atoms with van der Waals surface area (Å²) in [5, 5.41) is 12.1. The number of hydrogen-bond donors (Lipinski definition) is 1. The molecule has 1 N–H and O–H groups in total. The van der Waals surface area contributed by atoms with Gasteiger partial charge >= 0.3 is 0 Å². The molecule has 0 spiro atoms. The highest BCUT2D eigenvalue weighted by atomic mass is 32.2. The number of hydrogen-bond acceptors (Lipinski definition) is 6. The lowest BCUT2D eigenvalue weighted by molar-refractivity contribution is -0.115. The minimum Gasteiger partial charge on any atom is -0.378 e. The molecule has 0 fully saturated rings. The van der Waals surface area contributed by atoms with Gasteiger partial charge in [-0.1, -0.05) is 30.0 Å². The predicted octanol–water partition coefficient (Wildman–Crippen LogP) is 4.51. The summed E-state index contributed by atoms with van der Waals surface area (Å²) in [6.45, 7) is 1.87. The molecule has 7 nitrogen and oxygen atoms in total. The molecule has 4 rings (SSSR count). The van der Waals surface area contributed by atoms with Crippen molar-refractivity contribution < 1.29 is 4.79 Å². The molecule has 0 bridgehead atoms. The molecule has 162 valence electrons. The highest BCUT2D eigenvalue weighted by Crippen LogP contribution is 2.30. The van der Waals surface area contributed by atoms with Crippen LogP contribution < -0.4 is 10.2 Å². The Hall–Kier alpha value is -3.65. The zero-order chi connectivity index (χ0) is 22.5. The summed E-state index contributed by atoms with van der Waals surface area (Å²) >= 11 is 1.37. The van der Waals surface area contributed by atoms with E-state index < -0.39 is 0 Å². The summed E-state index contributed by atoms with van der Waals surface area (Å²) in [5.74, 6) is 0.605. The van der Waals surface area contributed by atoms with Crippen LogP contribution in [0.2, 0.25) is 0 Å². The first-order valence-electron chi connectivity index (χ1n) is 10.2. The van der Waals surface area contributed by atoms with Crippen molar-refractivity contribution in [1.82, 2.24) is 19.7 Å². The van der Waals surface area contributed by atoms with Gasteiger partial charge < -0.3 is 10.2 Å². The molecule has 0 aliphatic carbocycles. The number of nitrogens with zero attached hydrogens (tertiary/aromatic N) is 5. The van der Waals surface area contributed by atoms with E-state index in [1.165, 1.54) is 11.8 Å². The Morgan fingerprint density at radius 3 is 2.31 bits per heavy atom. The van der Waals surface area contributed by atoms with Crippen LogP contribution in [0.25, 0.3) is 17.1 Å². The molecule has 0 unspecified atom stereocenters. The Morgan fingerprint density at radius 1 is 0.969 bits per heavy atom. The Bertz CT molecular complexity index is 1180. The van der Waals surface area contributed by atoms with Gasteiger partial charge in [0.2, 0.25) is 5.91 Å². The van der Waals surface area contributed by atoms with Crippen LogP contribution >= 0.6 is 11.8 Å². The van der Waals surface area contributed by atoms with Gasteiger partial charge in [0.25, 0.3) is 0 Å². The minimum absolute atomic E-state index is 0.0966. The third-order valence-corrected chi connectivity index (χ3v) is 5.93. The Labute approximate surface area is 191 Å². The normalized spacial score (nSPS) is 11.7. The van der Waals surface area contributed by atoms with Crippen LogP contribution in [-0.4, -0.2) is 45.0 Å². The van der Waals surface area contributed by atoms with Crippen molar-refractivity contribution in [2.45, 2.75) is 17.3 Å². The molecule has 0 radical (unpaired) electrons. The van der Waals surface area contributed by atoms with Crippen LogP contribution in [-0.2, 0) is 4.79 Å². The van der Waals surface area contributed by atoms with Crippen molar-refractivity contribution in [1.29, 1.82) is 0 Å². The maximum absolute atomic E-state index is 12.9. The van der Waals surface area contributed by atoms with Crippen molar-refractivity contribution in [3.05, 3.63) is 79.1 Å². The second-order valence-electron chi connectivity index (χ2n) is 7.40. The summed E-state index contributed by atoms with van der Waals surface area (Å²) in [6.07, 6.45) is 3.45. The summed E-state index contributed by atoms with van der Waals surface area (Å²) in [5.41, 5.74) is 3.67. The predicted molar refractivity (Wildman–Crippen MR) is 129 cm³/mol. The summed E-state index contributed by atoms with van der Waals surface area (Å²) in [6, 6.07) is 21.4. The van der Waals surface area contributed by atoms with Crippen LogP contribution in [0.3, 0.4) is 0 Å². The second kappa shape index (κ2) is 9.65.